The molecule has 1 aromatic heterocycles. The Morgan fingerprint density at radius 2 is 1.77 bits per heavy atom. The second kappa shape index (κ2) is 8.30. The highest BCUT2D eigenvalue weighted by atomic mass is 32.1. The van der Waals surface area contributed by atoms with Crippen molar-refractivity contribution in [3.05, 3.63) is 45.7 Å². The number of benzene rings is 1. The molecule has 2 rings (SSSR count). The molecule has 0 saturated heterocycles. The minimum absolute atomic E-state index is 1.03. The number of hydrogen-bond acceptors (Lipinski definition) is 3. The van der Waals surface area contributed by atoms with E-state index in [4.69, 9.17) is 4.99 Å². The summed E-state index contributed by atoms with van der Waals surface area (Å²) in [6, 6.07) is 8.41. The van der Waals surface area contributed by atoms with Crippen molar-refractivity contribution in [1.29, 1.82) is 0 Å². The van der Waals surface area contributed by atoms with Crippen LogP contribution in [0.5, 0.6) is 0 Å². The van der Waals surface area contributed by atoms with Crippen molar-refractivity contribution < 1.29 is 0 Å². The molecule has 0 spiro atoms. The Morgan fingerprint density at radius 3 is 2.41 bits per heavy atom. The van der Waals surface area contributed by atoms with Crippen LogP contribution in [0.4, 0.5) is 5.69 Å². The summed E-state index contributed by atoms with van der Waals surface area (Å²) in [7, 11) is 0. The molecule has 0 radical (unpaired) electrons. The van der Waals surface area contributed by atoms with Gasteiger partial charge in [-0.3, -0.25) is 0 Å². The lowest BCUT2D eigenvalue weighted by molar-refractivity contribution is 0.292. The van der Waals surface area contributed by atoms with E-state index in [1.54, 1.807) is 11.3 Å². The standard InChI is InChI=1S/C18H27N3S/c1-5-20(6-2)12-7-13-21-16(4)14-22-18(21)19-17-10-8-15(3)9-11-17/h8-11,14H,5-7,12-13H2,1-4H3. The number of aryl methyl sites for hydroxylation is 2. The van der Waals surface area contributed by atoms with Crippen molar-refractivity contribution in [2.75, 3.05) is 19.6 Å². The van der Waals surface area contributed by atoms with Crippen LogP contribution in [0.15, 0.2) is 34.6 Å². The van der Waals surface area contributed by atoms with E-state index in [1.807, 2.05) is 0 Å². The van der Waals surface area contributed by atoms with E-state index < -0.39 is 0 Å². The van der Waals surface area contributed by atoms with Crippen LogP contribution in [-0.2, 0) is 6.54 Å². The fraction of sp³-hybridized carbons (Fsp3) is 0.500. The van der Waals surface area contributed by atoms with Crippen molar-refractivity contribution in [2.24, 2.45) is 4.99 Å². The summed E-state index contributed by atoms with van der Waals surface area (Å²) in [6.07, 6.45) is 1.17. The lowest BCUT2D eigenvalue weighted by Crippen LogP contribution is -2.26. The minimum atomic E-state index is 1.03. The van der Waals surface area contributed by atoms with E-state index in [9.17, 15) is 0 Å². The van der Waals surface area contributed by atoms with E-state index in [1.165, 1.54) is 17.7 Å². The molecule has 0 bridgehead atoms. The van der Waals surface area contributed by atoms with Crippen molar-refractivity contribution in [3.63, 3.8) is 0 Å². The second-order valence-electron chi connectivity index (χ2n) is 5.64. The quantitative estimate of drug-likeness (QED) is 0.752. The van der Waals surface area contributed by atoms with Gasteiger partial charge in [-0.05, 0) is 52.0 Å². The van der Waals surface area contributed by atoms with Crippen molar-refractivity contribution in [1.82, 2.24) is 9.47 Å². The van der Waals surface area contributed by atoms with Crippen LogP contribution in [-0.4, -0.2) is 29.1 Å². The molecular formula is C18H27N3S. The Labute approximate surface area is 137 Å². The molecule has 22 heavy (non-hydrogen) atoms. The summed E-state index contributed by atoms with van der Waals surface area (Å²) >= 11 is 1.73. The first-order chi connectivity index (χ1) is 10.6. The maximum Gasteiger partial charge on any atom is 0.190 e. The second-order valence-corrected chi connectivity index (χ2v) is 6.48. The molecule has 0 amide bonds. The number of nitrogens with zero attached hydrogens (tertiary/aromatic N) is 3. The summed E-state index contributed by atoms with van der Waals surface area (Å²) in [6.45, 7) is 13.2. The molecule has 2 aromatic rings. The average Bonchev–Trinajstić information content (AvgIpc) is 2.87. The van der Waals surface area contributed by atoms with Gasteiger partial charge in [0, 0.05) is 17.6 Å². The summed E-state index contributed by atoms with van der Waals surface area (Å²) in [5.41, 5.74) is 3.61. The monoisotopic (exact) mass is 317 g/mol. The maximum absolute atomic E-state index is 4.81. The molecule has 0 saturated carbocycles. The van der Waals surface area contributed by atoms with Crippen LogP contribution in [0.2, 0.25) is 0 Å². The predicted octanol–water partition coefficient (Wildman–Crippen LogP) is 4.13. The molecule has 120 valence electrons. The van der Waals surface area contributed by atoms with Gasteiger partial charge >= 0.3 is 0 Å². The molecule has 1 aromatic carbocycles. The molecule has 3 nitrogen and oxygen atoms in total. The number of rotatable bonds is 7. The zero-order valence-electron chi connectivity index (χ0n) is 14.2. The van der Waals surface area contributed by atoms with Crippen molar-refractivity contribution in [3.8, 4) is 0 Å². The number of hydrogen-bond donors (Lipinski definition) is 0. The predicted molar refractivity (Wildman–Crippen MR) is 95.9 cm³/mol. The highest BCUT2D eigenvalue weighted by Crippen LogP contribution is 2.12. The van der Waals surface area contributed by atoms with Gasteiger partial charge in [-0.2, -0.15) is 0 Å². The molecule has 0 atom stereocenters. The van der Waals surface area contributed by atoms with Gasteiger partial charge in [0.15, 0.2) is 4.80 Å². The normalized spacial score (nSPS) is 12.3. The third kappa shape index (κ3) is 4.55. The molecule has 0 unspecified atom stereocenters. The largest absolute Gasteiger partial charge is 0.321 e. The lowest BCUT2D eigenvalue weighted by Gasteiger charge is -2.18. The van der Waals surface area contributed by atoms with Crippen molar-refractivity contribution in [2.45, 2.75) is 40.7 Å². The first kappa shape index (κ1) is 17.0. The topological polar surface area (TPSA) is 20.5 Å². The maximum atomic E-state index is 4.81. The van der Waals surface area contributed by atoms with Crippen LogP contribution >= 0.6 is 11.3 Å². The van der Waals surface area contributed by atoms with Crippen LogP contribution in [0.1, 0.15) is 31.5 Å². The summed E-state index contributed by atoms with van der Waals surface area (Å²) in [5, 5.41) is 2.20. The molecule has 0 aliphatic heterocycles. The van der Waals surface area contributed by atoms with Crippen LogP contribution < -0.4 is 4.80 Å². The van der Waals surface area contributed by atoms with E-state index in [0.29, 0.717) is 0 Å². The molecule has 0 fully saturated rings. The van der Waals surface area contributed by atoms with E-state index >= 15 is 0 Å². The van der Waals surface area contributed by atoms with E-state index in [0.717, 1.165) is 36.7 Å². The summed E-state index contributed by atoms with van der Waals surface area (Å²) in [5.74, 6) is 0. The molecular weight excluding hydrogens is 290 g/mol. The zero-order chi connectivity index (χ0) is 15.9. The van der Waals surface area contributed by atoms with E-state index in [-0.39, 0.29) is 0 Å². The Balaban J connectivity index is 2.12. The third-order valence-electron chi connectivity index (χ3n) is 4.00. The molecule has 0 aliphatic carbocycles. The Hall–Kier alpha value is -1.39. The van der Waals surface area contributed by atoms with Gasteiger partial charge in [0.05, 0.1) is 5.69 Å². The molecule has 0 N–H and O–H groups in total. The molecule has 1 heterocycles. The summed E-state index contributed by atoms with van der Waals surface area (Å²) in [4.78, 5) is 8.38. The zero-order valence-corrected chi connectivity index (χ0v) is 15.0. The van der Waals surface area contributed by atoms with Gasteiger partial charge in [0.1, 0.15) is 0 Å². The van der Waals surface area contributed by atoms with Gasteiger partial charge in [-0.25, -0.2) is 4.99 Å². The highest BCUT2D eigenvalue weighted by Gasteiger charge is 2.03. The first-order valence-electron chi connectivity index (χ1n) is 8.12. The third-order valence-corrected chi connectivity index (χ3v) is 4.98. The minimum Gasteiger partial charge on any atom is -0.321 e. The van der Waals surface area contributed by atoms with Gasteiger partial charge in [0.25, 0.3) is 0 Å². The highest BCUT2D eigenvalue weighted by molar-refractivity contribution is 7.07. The average molecular weight is 318 g/mol. The fourth-order valence-corrected chi connectivity index (χ4v) is 3.42. The van der Waals surface area contributed by atoms with Crippen LogP contribution in [0, 0.1) is 13.8 Å². The number of thiazole rings is 1. The van der Waals surface area contributed by atoms with Crippen LogP contribution in [0.25, 0.3) is 0 Å². The molecule has 4 heteroatoms. The SMILES string of the molecule is CCN(CC)CCCn1c(C)csc1=Nc1ccc(C)cc1. The molecule has 0 aliphatic rings. The van der Waals surface area contributed by atoms with Gasteiger partial charge in [0.2, 0.25) is 0 Å². The summed E-state index contributed by atoms with van der Waals surface area (Å²) < 4.78 is 2.34. The van der Waals surface area contributed by atoms with Gasteiger partial charge in [-0.1, -0.05) is 31.5 Å². The Bertz CT molecular complexity index is 633. The van der Waals surface area contributed by atoms with E-state index in [2.05, 4.69) is 66.8 Å². The fourth-order valence-electron chi connectivity index (χ4n) is 2.50. The first-order valence-corrected chi connectivity index (χ1v) is 9.00. The van der Waals surface area contributed by atoms with Gasteiger partial charge < -0.3 is 9.47 Å². The smallest absolute Gasteiger partial charge is 0.190 e. The van der Waals surface area contributed by atoms with Crippen LogP contribution in [0.3, 0.4) is 0 Å². The lowest BCUT2D eigenvalue weighted by atomic mass is 10.2. The van der Waals surface area contributed by atoms with Crippen molar-refractivity contribution >= 4 is 17.0 Å². The number of aromatic nitrogens is 1. The Morgan fingerprint density at radius 1 is 1.09 bits per heavy atom. The van der Waals surface area contributed by atoms with Gasteiger partial charge in [-0.15, -0.1) is 11.3 Å². The Kier molecular flexibility index (Phi) is 6.40.